The zero-order valence-corrected chi connectivity index (χ0v) is 24.9. The highest BCUT2D eigenvalue weighted by molar-refractivity contribution is 6.23. The SMILES string of the molecule is C=CCCC1=C2C[C@@H](C)C[C@H](OC)[C@H](O)[C@@H](C)/C=C(\C)[C@H](OC(N)=O)[C@@H](C)/C=C\C=C(/C)C(=O)NC(=CC1=O)C2=O. The smallest absolute Gasteiger partial charge is 0.405 e. The number of Topliss-reactive ketones (excluding diaryl/α,β-unsaturated/α-hetero) is 1. The molecule has 0 aromatic carbocycles. The van der Waals surface area contributed by atoms with Crippen molar-refractivity contribution in [2.24, 2.45) is 23.5 Å². The monoisotopic (exact) mass is 568 g/mol. The number of aliphatic hydroxyl groups is 1. The maximum Gasteiger partial charge on any atom is 0.405 e. The van der Waals surface area contributed by atoms with E-state index in [-0.39, 0.29) is 35.7 Å². The number of nitrogens with one attached hydrogen (secondary N) is 1. The number of ether oxygens (including phenoxy) is 2. The van der Waals surface area contributed by atoms with Gasteiger partial charge in [0.1, 0.15) is 6.10 Å². The van der Waals surface area contributed by atoms with Crippen molar-refractivity contribution in [3.63, 3.8) is 0 Å². The van der Waals surface area contributed by atoms with Gasteiger partial charge in [-0.1, -0.05) is 51.2 Å². The molecule has 1 heterocycles. The highest BCUT2D eigenvalue weighted by atomic mass is 16.6. The van der Waals surface area contributed by atoms with Gasteiger partial charge >= 0.3 is 6.09 Å². The fraction of sp³-hybridized carbons (Fsp3) is 0.500. The fourth-order valence-corrected chi connectivity index (χ4v) is 5.22. The molecule has 4 N–H and O–H groups in total. The number of carbonyl (C=O) groups excluding carboxylic acids is 4. The molecule has 0 saturated carbocycles. The molecule has 2 bridgehead atoms. The molecule has 1 aliphatic carbocycles. The Labute approximate surface area is 242 Å². The molecular weight excluding hydrogens is 524 g/mol. The Morgan fingerprint density at radius 1 is 1.20 bits per heavy atom. The van der Waals surface area contributed by atoms with Crippen molar-refractivity contribution < 1.29 is 33.8 Å². The summed E-state index contributed by atoms with van der Waals surface area (Å²) >= 11 is 0. The van der Waals surface area contributed by atoms with Crippen molar-refractivity contribution in [3.05, 3.63) is 71.0 Å². The predicted molar refractivity (Wildman–Crippen MR) is 157 cm³/mol. The molecule has 0 unspecified atom stereocenters. The molecular formula is C32H44N2O7. The number of fused-ring (bicyclic) bond motifs is 2. The summed E-state index contributed by atoms with van der Waals surface area (Å²) in [4.78, 5) is 51.3. The Morgan fingerprint density at radius 2 is 1.88 bits per heavy atom. The molecule has 0 radical (unpaired) electrons. The molecule has 6 atom stereocenters. The van der Waals surface area contributed by atoms with E-state index in [1.807, 2.05) is 26.8 Å². The van der Waals surface area contributed by atoms with E-state index in [0.29, 0.717) is 41.6 Å². The lowest BCUT2D eigenvalue weighted by atomic mass is 9.82. The van der Waals surface area contributed by atoms with Crippen LogP contribution in [0.2, 0.25) is 0 Å². The molecule has 2 rings (SSSR count). The summed E-state index contributed by atoms with van der Waals surface area (Å²) in [7, 11) is 1.51. The third-order valence-electron chi connectivity index (χ3n) is 7.53. The number of ketones is 2. The zero-order chi connectivity index (χ0) is 30.9. The van der Waals surface area contributed by atoms with Crippen molar-refractivity contribution in [1.29, 1.82) is 0 Å². The molecule has 0 aromatic rings. The third-order valence-corrected chi connectivity index (χ3v) is 7.53. The molecule has 9 heteroatoms. The van der Waals surface area contributed by atoms with E-state index in [2.05, 4.69) is 11.9 Å². The number of carbonyl (C=O) groups is 4. The Hall–Kier alpha value is -3.56. The van der Waals surface area contributed by atoms with Crippen molar-refractivity contribution in [2.75, 3.05) is 7.11 Å². The number of hydrogen-bond donors (Lipinski definition) is 3. The van der Waals surface area contributed by atoms with Crippen LogP contribution in [0.15, 0.2) is 71.0 Å². The summed E-state index contributed by atoms with van der Waals surface area (Å²) in [5.41, 5.74) is 7.05. The van der Waals surface area contributed by atoms with Crippen LogP contribution in [0.5, 0.6) is 0 Å². The molecule has 0 aromatic heterocycles. The van der Waals surface area contributed by atoms with Crippen LogP contribution < -0.4 is 11.1 Å². The van der Waals surface area contributed by atoms with Gasteiger partial charge in [-0.3, -0.25) is 14.4 Å². The number of nitrogens with two attached hydrogens (primary N) is 1. The second-order valence-corrected chi connectivity index (χ2v) is 11.0. The van der Waals surface area contributed by atoms with Crippen LogP contribution in [0.1, 0.15) is 60.3 Å². The maximum atomic E-state index is 13.6. The van der Waals surface area contributed by atoms with Crippen molar-refractivity contribution in [3.8, 4) is 0 Å². The Balaban J connectivity index is 2.59. The van der Waals surface area contributed by atoms with Gasteiger partial charge in [0.25, 0.3) is 5.91 Å². The van der Waals surface area contributed by atoms with Crippen LogP contribution in [0.25, 0.3) is 0 Å². The molecule has 9 nitrogen and oxygen atoms in total. The summed E-state index contributed by atoms with van der Waals surface area (Å²) < 4.78 is 11.1. The number of hydrogen-bond acceptors (Lipinski definition) is 7. The van der Waals surface area contributed by atoms with E-state index in [9.17, 15) is 24.3 Å². The lowest BCUT2D eigenvalue weighted by Gasteiger charge is -2.29. The van der Waals surface area contributed by atoms with Crippen LogP contribution in [0.3, 0.4) is 0 Å². The van der Waals surface area contributed by atoms with E-state index >= 15 is 0 Å². The van der Waals surface area contributed by atoms with E-state index in [1.165, 1.54) is 13.2 Å². The van der Waals surface area contributed by atoms with Gasteiger partial charge in [0.2, 0.25) is 5.78 Å². The molecule has 1 aliphatic heterocycles. The first-order chi connectivity index (χ1) is 19.3. The number of aliphatic hydroxyl groups excluding tert-OH is 1. The van der Waals surface area contributed by atoms with Gasteiger partial charge in [0.05, 0.1) is 17.9 Å². The summed E-state index contributed by atoms with van der Waals surface area (Å²) in [6, 6.07) is 0. The second kappa shape index (κ2) is 15.4. The van der Waals surface area contributed by atoms with Gasteiger partial charge in [-0.15, -0.1) is 6.58 Å². The Bertz CT molecular complexity index is 1190. The molecule has 0 saturated heterocycles. The molecule has 2 aliphatic rings. The second-order valence-electron chi connectivity index (χ2n) is 11.0. The van der Waals surface area contributed by atoms with Crippen LogP contribution in [-0.2, 0) is 23.9 Å². The zero-order valence-electron chi connectivity index (χ0n) is 24.9. The fourth-order valence-electron chi connectivity index (χ4n) is 5.22. The van der Waals surface area contributed by atoms with Gasteiger partial charge < -0.3 is 25.6 Å². The average Bonchev–Trinajstić information content (AvgIpc) is 2.91. The van der Waals surface area contributed by atoms with Gasteiger partial charge in [-0.05, 0) is 51.0 Å². The normalized spacial score (nSPS) is 32.2. The number of rotatable bonds is 5. The van der Waals surface area contributed by atoms with Gasteiger partial charge in [-0.2, -0.15) is 0 Å². The van der Waals surface area contributed by atoms with Crippen LogP contribution >= 0.6 is 0 Å². The standard InChI is InChI=1S/C32H44N2O7/c1-8-9-13-23-24-14-18(2)15-27(40-7)28(36)21(5)16-22(6)30(41-32(33)39)19(3)11-10-12-20(4)31(38)34-25(29(24)37)17-26(23)35/h8,10-12,16-19,21,27-28,30,36H,1,9,13-15H2,2-7H3,(H2,33,39)(H,34,38)/b11-10-,20-12+,22-16+/t18-,19+,21+,27+,28-,30-/m1/s1. The minimum Gasteiger partial charge on any atom is -0.441 e. The minimum atomic E-state index is -0.926. The first kappa shape index (κ1) is 33.6. The highest BCUT2D eigenvalue weighted by Gasteiger charge is 2.32. The Kier molecular flexibility index (Phi) is 12.7. The van der Waals surface area contributed by atoms with E-state index in [1.54, 1.807) is 38.2 Å². The first-order valence-electron chi connectivity index (χ1n) is 14.0. The lowest BCUT2D eigenvalue weighted by molar-refractivity contribution is -0.120. The van der Waals surface area contributed by atoms with Crippen LogP contribution in [-0.4, -0.2) is 54.1 Å². The van der Waals surface area contributed by atoms with E-state index in [0.717, 1.165) is 0 Å². The predicted octanol–water partition coefficient (Wildman–Crippen LogP) is 4.39. The van der Waals surface area contributed by atoms with Crippen molar-refractivity contribution in [2.45, 2.75) is 78.6 Å². The Morgan fingerprint density at radius 3 is 2.49 bits per heavy atom. The van der Waals surface area contributed by atoms with E-state index < -0.39 is 36.1 Å². The van der Waals surface area contributed by atoms with Gasteiger partial charge in [0.15, 0.2) is 5.78 Å². The largest absolute Gasteiger partial charge is 0.441 e. The van der Waals surface area contributed by atoms with Gasteiger partial charge in [0, 0.05) is 41.7 Å². The summed E-state index contributed by atoms with van der Waals surface area (Å²) in [5, 5.41) is 13.8. The maximum absolute atomic E-state index is 13.6. The minimum absolute atomic E-state index is 0.0701. The number of amides is 2. The summed E-state index contributed by atoms with van der Waals surface area (Å²) in [5.74, 6) is -2.08. The number of primary amides is 1. The highest BCUT2D eigenvalue weighted by Crippen LogP contribution is 2.31. The molecule has 0 spiro atoms. The lowest BCUT2D eigenvalue weighted by Crippen LogP contribution is -2.36. The molecule has 2 amide bonds. The van der Waals surface area contributed by atoms with Crippen LogP contribution in [0, 0.1) is 17.8 Å². The van der Waals surface area contributed by atoms with E-state index in [4.69, 9.17) is 15.2 Å². The molecule has 0 fully saturated rings. The first-order valence-corrected chi connectivity index (χ1v) is 14.0. The summed E-state index contributed by atoms with van der Waals surface area (Å²) in [6.45, 7) is 12.7. The molecule has 224 valence electrons. The van der Waals surface area contributed by atoms with Crippen LogP contribution in [0.4, 0.5) is 4.79 Å². The number of methoxy groups -OCH3 is 1. The van der Waals surface area contributed by atoms with Crippen molar-refractivity contribution >= 4 is 23.6 Å². The van der Waals surface area contributed by atoms with Gasteiger partial charge in [-0.25, -0.2) is 4.79 Å². The third kappa shape index (κ3) is 9.23. The quantitative estimate of drug-likeness (QED) is 0.329. The topological polar surface area (TPSA) is 145 Å². The average molecular weight is 569 g/mol. The number of allylic oxidation sites excluding steroid dienone is 6. The van der Waals surface area contributed by atoms with Crippen molar-refractivity contribution in [1.82, 2.24) is 5.32 Å². The summed E-state index contributed by atoms with van der Waals surface area (Å²) in [6.07, 6.45) is 8.15. The molecule has 41 heavy (non-hydrogen) atoms.